The minimum Gasteiger partial charge on any atom is -0.497 e. The monoisotopic (exact) mass is 540 g/mol. The third-order valence-electron chi connectivity index (χ3n) is 6.80. The molecule has 1 unspecified atom stereocenters. The fourth-order valence-corrected chi connectivity index (χ4v) is 4.70. The lowest BCUT2D eigenvalue weighted by atomic mass is 10.0. The summed E-state index contributed by atoms with van der Waals surface area (Å²) in [5.41, 5.74) is 3.29. The minimum atomic E-state index is -0.531. The van der Waals surface area contributed by atoms with Crippen molar-refractivity contribution in [1.82, 2.24) is 0 Å². The molecule has 40 heavy (non-hydrogen) atoms. The van der Waals surface area contributed by atoms with Crippen LogP contribution in [0, 0.1) is 0 Å². The molecule has 1 saturated heterocycles. The van der Waals surface area contributed by atoms with Gasteiger partial charge in [-0.15, -0.1) is 0 Å². The van der Waals surface area contributed by atoms with E-state index in [4.69, 9.17) is 28.4 Å². The summed E-state index contributed by atoms with van der Waals surface area (Å²) in [6, 6.07) is 37.9. The Morgan fingerprint density at radius 1 is 0.625 bits per heavy atom. The van der Waals surface area contributed by atoms with Crippen LogP contribution < -0.4 is 9.47 Å². The van der Waals surface area contributed by atoms with Gasteiger partial charge in [-0.3, -0.25) is 0 Å². The van der Waals surface area contributed by atoms with Gasteiger partial charge in [0.05, 0.1) is 39.6 Å². The fourth-order valence-electron chi connectivity index (χ4n) is 4.70. The maximum absolute atomic E-state index is 6.51. The van der Waals surface area contributed by atoms with E-state index in [-0.39, 0.29) is 12.2 Å². The zero-order chi connectivity index (χ0) is 27.4. The quantitative estimate of drug-likeness (QED) is 0.191. The van der Waals surface area contributed by atoms with E-state index in [1.165, 1.54) is 0 Å². The Labute approximate surface area is 236 Å². The van der Waals surface area contributed by atoms with Gasteiger partial charge in [0.25, 0.3) is 0 Å². The lowest BCUT2D eigenvalue weighted by molar-refractivity contribution is -0.257. The van der Waals surface area contributed by atoms with Gasteiger partial charge in [-0.05, 0) is 41.0 Å². The van der Waals surface area contributed by atoms with Gasteiger partial charge in [-0.1, -0.05) is 91.0 Å². The van der Waals surface area contributed by atoms with E-state index >= 15 is 0 Å². The van der Waals surface area contributed by atoms with Gasteiger partial charge in [-0.2, -0.15) is 0 Å². The average molecular weight is 541 g/mol. The average Bonchev–Trinajstić information content (AvgIpc) is 3.01. The van der Waals surface area contributed by atoms with Crippen molar-refractivity contribution in [1.29, 1.82) is 0 Å². The molecule has 0 radical (unpaired) electrons. The van der Waals surface area contributed by atoms with Crippen LogP contribution in [-0.2, 0) is 38.8 Å². The van der Waals surface area contributed by atoms with Gasteiger partial charge >= 0.3 is 0 Å². The van der Waals surface area contributed by atoms with Crippen LogP contribution in [0.15, 0.2) is 115 Å². The van der Waals surface area contributed by atoms with Gasteiger partial charge in [0.15, 0.2) is 0 Å². The standard InChI is InChI=1S/C34H36O6/c1-35-29-17-19-30(20-18-29)39-33-21-31(37-23-27-13-7-3-8-14-27)34(38-24-28-15-9-4-10-16-28)32(40-33)25-36-22-26-11-5-2-6-12-26/h2-20,31-34H,21-25H2,1H3/t31-,32?,33+,34-/m1/s1. The van der Waals surface area contributed by atoms with Crippen molar-refractivity contribution in [3.05, 3.63) is 132 Å². The zero-order valence-corrected chi connectivity index (χ0v) is 22.8. The van der Waals surface area contributed by atoms with Crippen LogP contribution in [0.25, 0.3) is 0 Å². The second kappa shape index (κ2) is 14.6. The lowest BCUT2D eigenvalue weighted by Gasteiger charge is -2.41. The molecule has 4 atom stereocenters. The molecular formula is C34H36O6. The molecule has 6 nitrogen and oxygen atoms in total. The summed E-state index contributed by atoms with van der Waals surface area (Å²) < 4.78 is 37.2. The van der Waals surface area contributed by atoms with E-state index < -0.39 is 12.4 Å². The summed E-state index contributed by atoms with van der Waals surface area (Å²) in [5.74, 6) is 1.46. The summed E-state index contributed by atoms with van der Waals surface area (Å²) >= 11 is 0. The predicted octanol–water partition coefficient (Wildman–Crippen LogP) is 6.58. The Morgan fingerprint density at radius 3 is 1.73 bits per heavy atom. The molecule has 0 N–H and O–H groups in total. The Morgan fingerprint density at radius 2 is 1.15 bits per heavy atom. The minimum absolute atomic E-state index is 0.272. The first-order valence-corrected chi connectivity index (χ1v) is 13.7. The molecule has 0 aromatic heterocycles. The number of hydrogen-bond acceptors (Lipinski definition) is 6. The molecule has 1 aliphatic rings. The summed E-state index contributed by atoms with van der Waals surface area (Å²) in [6.07, 6.45) is -1.05. The predicted molar refractivity (Wildman–Crippen MR) is 153 cm³/mol. The normalized spacial score (nSPS) is 20.6. The molecule has 1 heterocycles. The highest BCUT2D eigenvalue weighted by molar-refractivity contribution is 5.31. The van der Waals surface area contributed by atoms with Crippen molar-refractivity contribution >= 4 is 0 Å². The van der Waals surface area contributed by atoms with Gasteiger partial charge in [0.1, 0.15) is 23.7 Å². The van der Waals surface area contributed by atoms with Crippen molar-refractivity contribution in [2.75, 3.05) is 13.7 Å². The van der Waals surface area contributed by atoms with Crippen molar-refractivity contribution in [3.8, 4) is 11.5 Å². The smallest absolute Gasteiger partial charge is 0.202 e. The van der Waals surface area contributed by atoms with Crippen molar-refractivity contribution in [2.45, 2.75) is 50.8 Å². The lowest BCUT2D eigenvalue weighted by Crippen LogP contribution is -2.53. The van der Waals surface area contributed by atoms with Crippen LogP contribution in [0.1, 0.15) is 23.1 Å². The molecule has 6 heteroatoms. The van der Waals surface area contributed by atoms with Crippen LogP contribution in [0.3, 0.4) is 0 Å². The Bertz CT molecular complexity index is 1250. The van der Waals surface area contributed by atoms with Gasteiger partial charge in [0.2, 0.25) is 6.29 Å². The number of benzene rings is 4. The number of rotatable bonds is 13. The molecule has 4 aromatic rings. The molecule has 5 rings (SSSR count). The van der Waals surface area contributed by atoms with Crippen LogP contribution in [0.2, 0.25) is 0 Å². The third-order valence-corrected chi connectivity index (χ3v) is 6.80. The molecule has 0 aliphatic carbocycles. The summed E-state index contributed by atoms with van der Waals surface area (Å²) in [4.78, 5) is 0. The molecule has 0 saturated carbocycles. The van der Waals surface area contributed by atoms with Gasteiger partial charge in [-0.25, -0.2) is 0 Å². The maximum atomic E-state index is 6.51. The molecule has 4 aromatic carbocycles. The highest BCUT2D eigenvalue weighted by Gasteiger charge is 2.41. The Hall–Kier alpha value is -3.68. The topological polar surface area (TPSA) is 55.4 Å². The van der Waals surface area contributed by atoms with E-state index in [0.717, 1.165) is 22.4 Å². The number of methoxy groups -OCH3 is 1. The molecular weight excluding hydrogens is 504 g/mol. The third kappa shape index (κ3) is 8.16. The second-order valence-corrected chi connectivity index (χ2v) is 9.73. The molecule has 1 aliphatic heterocycles. The second-order valence-electron chi connectivity index (χ2n) is 9.73. The first-order valence-electron chi connectivity index (χ1n) is 13.7. The van der Waals surface area contributed by atoms with E-state index in [9.17, 15) is 0 Å². The van der Waals surface area contributed by atoms with Crippen LogP contribution in [-0.4, -0.2) is 38.3 Å². The van der Waals surface area contributed by atoms with Gasteiger partial charge in [0, 0.05) is 6.42 Å². The van der Waals surface area contributed by atoms with Crippen LogP contribution in [0.5, 0.6) is 11.5 Å². The van der Waals surface area contributed by atoms with E-state index in [1.54, 1.807) is 7.11 Å². The summed E-state index contributed by atoms with van der Waals surface area (Å²) in [5, 5.41) is 0. The van der Waals surface area contributed by atoms with E-state index in [2.05, 4.69) is 24.3 Å². The van der Waals surface area contributed by atoms with Crippen molar-refractivity contribution < 1.29 is 28.4 Å². The zero-order valence-electron chi connectivity index (χ0n) is 22.8. The fraction of sp³-hybridized carbons (Fsp3) is 0.294. The van der Waals surface area contributed by atoms with Crippen LogP contribution in [0.4, 0.5) is 0 Å². The molecule has 0 bridgehead atoms. The summed E-state index contributed by atoms with van der Waals surface area (Å²) in [7, 11) is 1.64. The van der Waals surface area contributed by atoms with E-state index in [0.29, 0.717) is 38.6 Å². The molecule has 0 amide bonds. The first-order chi connectivity index (χ1) is 19.8. The summed E-state index contributed by atoms with van der Waals surface area (Å²) in [6.45, 7) is 1.72. The Kier molecular flexibility index (Phi) is 10.2. The van der Waals surface area contributed by atoms with Crippen molar-refractivity contribution in [3.63, 3.8) is 0 Å². The van der Waals surface area contributed by atoms with E-state index in [1.807, 2.05) is 91.0 Å². The Balaban J connectivity index is 1.33. The maximum Gasteiger partial charge on any atom is 0.202 e. The van der Waals surface area contributed by atoms with Gasteiger partial charge < -0.3 is 28.4 Å². The van der Waals surface area contributed by atoms with Crippen molar-refractivity contribution in [2.24, 2.45) is 0 Å². The first kappa shape index (κ1) is 27.9. The molecule has 208 valence electrons. The number of hydrogen-bond donors (Lipinski definition) is 0. The highest BCUT2D eigenvalue weighted by atomic mass is 16.7. The van der Waals surface area contributed by atoms with Crippen LogP contribution >= 0.6 is 0 Å². The highest BCUT2D eigenvalue weighted by Crippen LogP contribution is 2.30. The molecule has 1 fully saturated rings. The SMILES string of the molecule is COc1ccc(O[C@@H]2C[C@@H](OCc3ccccc3)[C@@H](OCc3ccccc3)C(COCc3ccccc3)O2)cc1. The molecule has 0 spiro atoms. The largest absolute Gasteiger partial charge is 0.497 e. The number of ether oxygens (including phenoxy) is 6.